The van der Waals surface area contributed by atoms with Crippen LogP contribution >= 0.6 is 0 Å². The van der Waals surface area contributed by atoms with Crippen molar-refractivity contribution in [3.8, 4) is 5.82 Å². The maximum Gasteiger partial charge on any atom is 0.417 e. The lowest BCUT2D eigenvalue weighted by Crippen LogP contribution is -2.45. The van der Waals surface area contributed by atoms with Gasteiger partial charge in [0.25, 0.3) is 5.91 Å². The first-order valence-electron chi connectivity index (χ1n) is 10.4. The van der Waals surface area contributed by atoms with E-state index in [0.29, 0.717) is 23.2 Å². The number of rotatable bonds is 6. The molecule has 12 heteroatoms. The Balaban J connectivity index is 1.56. The molecule has 0 bridgehead atoms. The van der Waals surface area contributed by atoms with Crippen LogP contribution in [0.4, 0.5) is 17.6 Å². The van der Waals surface area contributed by atoms with Crippen molar-refractivity contribution in [2.24, 2.45) is 0 Å². The molecule has 1 aliphatic heterocycles. The second kappa shape index (κ2) is 8.93. The minimum atomic E-state index is -4.72. The molecule has 0 aliphatic carbocycles. The van der Waals surface area contributed by atoms with Crippen molar-refractivity contribution in [1.29, 1.82) is 0 Å². The fourth-order valence-corrected chi connectivity index (χ4v) is 3.49. The molecule has 1 amide bonds. The van der Waals surface area contributed by atoms with Crippen molar-refractivity contribution >= 4 is 16.8 Å². The molecule has 8 nitrogen and oxygen atoms in total. The number of ether oxygens (including phenoxy) is 2. The SMILES string of the molecule is CC(C)(O)CO[C@@H]1COC[C@H]1NC(=O)c1cc2c(ccn2-c2ncc(C(F)(F)F)cc2F)cn1. The standard InChI is InChI=1S/C22H22F4N4O4/c1-21(2,32)11-34-18-10-33-9-16(18)29-20(31)15-6-17-12(7-27-15)3-4-30(17)19-14(23)5-13(8-28-19)22(24,25)26/h3-8,16,18,32H,9-11H2,1-2H3,(H,29,31)/t16-,18-/m1/s1. The van der Waals surface area contributed by atoms with Crippen LogP contribution in [0.3, 0.4) is 0 Å². The summed E-state index contributed by atoms with van der Waals surface area (Å²) in [6.45, 7) is 3.70. The fourth-order valence-electron chi connectivity index (χ4n) is 3.49. The van der Waals surface area contributed by atoms with Crippen LogP contribution in [-0.4, -0.2) is 63.1 Å². The highest BCUT2D eigenvalue weighted by Crippen LogP contribution is 2.30. The molecule has 0 unspecified atom stereocenters. The summed E-state index contributed by atoms with van der Waals surface area (Å²) in [6, 6.07) is 2.87. The van der Waals surface area contributed by atoms with Gasteiger partial charge in [0.2, 0.25) is 0 Å². The van der Waals surface area contributed by atoms with Gasteiger partial charge in [-0.3, -0.25) is 14.3 Å². The number of hydrogen-bond acceptors (Lipinski definition) is 6. The molecule has 3 aromatic heterocycles. The number of nitrogens with zero attached hydrogens (tertiary/aromatic N) is 3. The van der Waals surface area contributed by atoms with Crippen molar-refractivity contribution in [2.45, 2.75) is 37.8 Å². The van der Waals surface area contributed by atoms with E-state index < -0.39 is 41.2 Å². The molecule has 0 aromatic carbocycles. The molecule has 1 fully saturated rings. The minimum absolute atomic E-state index is 0.00732. The normalized spacial score (nSPS) is 19.0. The van der Waals surface area contributed by atoms with Crippen molar-refractivity contribution in [3.05, 3.63) is 53.9 Å². The molecule has 0 saturated carbocycles. The highest BCUT2D eigenvalue weighted by molar-refractivity contribution is 5.96. The first-order valence-corrected chi connectivity index (χ1v) is 10.4. The van der Waals surface area contributed by atoms with Gasteiger partial charge in [-0.15, -0.1) is 0 Å². The summed E-state index contributed by atoms with van der Waals surface area (Å²) < 4.78 is 65.3. The molecular formula is C22H22F4N4O4. The molecule has 34 heavy (non-hydrogen) atoms. The maximum absolute atomic E-state index is 14.5. The summed E-state index contributed by atoms with van der Waals surface area (Å²) >= 11 is 0. The third-order valence-electron chi connectivity index (χ3n) is 5.18. The molecule has 1 saturated heterocycles. The Labute approximate surface area is 191 Å². The number of hydrogen-bond donors (Lipinski definition) is 2. The predicted octanol–water partition coefficient (Wildman–Crippen LogP) is 2.86. The number of fused-ring (bicyclic) bond motifs is 1. The van der Waals surface area contributed by atoms with Crippen molar-refractivity contribution in [1.82, 2.24) is 19.9 Å². The van der Waals surface area contributed by atoms with E-state index in [1.54, 1.807) is 19.9 Å². The Morgan fingerprint density at radius 2 is 2.03 bits per heavy atom. The third kappa shape index (κ3) is 5.18. The maximum atomic E-state index is 14.5. The molecule has 1 aliphatic rings. The number of carbonyl (C=O) groups excluding carboxylic acids is 1. The summed E-state index contributed by atoms with van der Waals surface area (Å²) in [6.07, 6.45) is -1.81. The summed E-state index contributed by atoms with van der Waals surface area (Å²) in [5, 5.41) is 13.2. The van der Waals surface area contributed by atoms with E-state index in [0.717, 1.165) is 0 Å². The monoisotopic (exact) mass is 482 g/mol. The number of halogens is 4. The van der Waals surface area contributed by atoms with Crippen LogP contribution in [-0.2, 0) is 15.7 Å². The summed E-state index contributed by atoms with van der Waals surface area (Å²) in [4.78, 5) is 20.6. The van der Waals surface area contributed by atoms with Crippen LogP contribution in [0.2, 0.25) is 0 Å². The van der Waals surface area contributed by atoms with Crippen LogP contribution in [0.1, 0.15) is 29.9 Å². The topological polar surface area (TPSA) is 98.5 Å². The molecule has 182 valence electrons. The van der Waals surface area contributed by atoms with Crippen LogP contribution < -0.4 is 5.32 Å². The zero-order chi connectivity index (χ0) is 24.7. The highest BCUT2D eigenvalue weighted by atomic mass is 19.4. The molecule has 0 radical (unpaired) electrons. The van der Waals surface area contributed by atoms with Gasteiger partial charge in [-0.25, -0.2) is 9.37 Å². The van der Waals surface area contributed by atoms with E-state index in [-0.39, 0.29) is 31.3 Å². The van der Waals surface area contributed by atoms with E-state index >= 15 is 0 Å². The Bertz CT molecular complexity index is 1210. The van der Waals surface area contributed by atoms with E-state index in [2.05, 4.69) is 15.3 Å². The summed E-state index contributed by atoms with van der Waals surface area (Å²) in [5.41, 5.74) is -1.90. The molecule has 4 heterocycles. The van der Waals surface area contributed by atoms with Gasteiger partial charge >= 0.3 is 6.18 Å². The van der Waals surface area contributed by atoms with Gasteiger partial charge in [0.1, 0.15) is 11.8 Å². The number of aliphatic hydroxyl groups is 1. The number of amides is 1. The second-order valence-electron chi connectivity index (χ2n) is 8.62. The first-order chi connectivity index (χ1) is 15.9. The zero-order valence-corrected chi connectivity index (χ0v) is 18.3. The minimum Gasteiger partial charge on any atom is -0.388 e. The third-order valence-corrected chi connectivity index (χ3v) is 5.18. The lowest BCUT2D eigenvalue weighted by Gasteiger charge is -2.24. The Kier molecular flexibility index (Phi) is 6.32. The van der Waals surface area contributed by atoms with Gasteiger partial charge in [-0.05, 0) is 32.0 Å². The van der Waals surface area contributed by atoms with Crippen LogP contribution in [0.5, 0.6) is 0 Å². The molecular weight excluding hydrogens is 460 g/mol. The van der Waals surface area contributed by atoms with Gasteiger partial charge in [0.05, 0.1) is 42.5 Å². The number of pyridine rings is 2. The molecule has 0 spiro atoms. The second-order valence-corrected chi connectivity index (χ2v) is 8.62. The van der Waals surface area contributed by atoms with Crippen LogP contribution in [0, 0.1) is 5.82 Å². The molecule has 2 N–H and O–H groups in total. The van der Waals surface area contributed by atoms with Crippen molar-refractivity contribution in [2.75, 3.05) is 19.8 Å². The number of nitrogens with one attached hydrogen (secondary N) is 1. The van der Waals surface area contributed by atoms with E-state index in [1.807, 2.05) is 0 Å². The van der Waals surface area contributed by atoms with E-state index in [4.69, 9.17) is 9.47 Å². The predicted molar refractivity (Wildman–Crippen MR) is 112 cm³/mol. The van der Waals surface area contributed by atoms with Crippen molar-refractivity contribution < 1.29 is 36.9 Å². The van der Waals surface area contributed by atoms with Gasteiger partial charge in [-0.2, -0.15) is 13.2 Å². The van der Waals surface area contributed by atoms with Gasteiger partial charge in [0.15, 0.2) is 11.6 Å². The van der Waals surface area contributed by atoms with E-state index in [9.17, 15) is 27.5 Å². The fraction of sp³-hybridized carbons (Fsp3) is 0.409. The molecule has 4 rings (SSSR count). The number of alkyl halides is 3. The lowest BCUT2D eigenvalue weighted by atomic mass is 10.1. The highest BCUT2D eigenvalue weighted by Gasteiger charge is 2.33. The van der Waals surface area contributed by atoms with Crippen LogP contribution in [0.25, 0.3) is 16.7 Å². The Hall–Kier alpha value is -3.09. The average Bonchev–Trinajstić information content (AvgIpc) is 3.37. The molecule has 3 aromatic rings. The largest absolute Gasteiger partial charge is 0.417 e. The first kappa shape index (κ1) is 24.0. The van der Waals surface area contributed by atoms with Gasteiger partial charge < -0.3 is 19.9 Å². The molecule has 2 atom stereocenters. The Morgan fingerprint density at radius 1 is 1.26 bits per heavy atom. The zero-order valence-electron chi connectivity index (χ0n) is 18.3. The number of carbonyl (C=O) groups is 1. The lowest BCUT2D eigenvalue weighted by molar-refractivity contribution is -0.138. The smallest absolute Gasteiger partial charge is 0.388 e. The van der Waals surface area contributed by atoms with E-state index in [1.165, 1.54) is 23.0 Å². The van der Waals surface area contributed by atoms with Gasteiger partial charge in [0, 0.05) is 24.0 Å². The van der Waals surface area contributed by atoms with Crippen LogP contribution in [0.15, 0.2) is 36.8 Å². The van der Waals surface area contributed by atoms with Gasteiger partial charge in [-0.1, -0.05) is 0 Å². The number of aromatic nitrogens is 3. The summed E-state index contributed by atoms with van der Waals surface area (Å²) in [5.74, 6) is -2.04. The van der Waals surface area contributed by atoms with Crippen molar-refractivity contribution in [3.63, 3.8) is 0 Å². The summed E-state index contributed by atoms with van der Waals surface area (Å²) in [7, 11) is 0. The average molecular weight is 482 g/mol. The quantitative estimate of drug-likeness (QED) is 0.525. The Morgan fingerprint density at radius 3 is 2.71 bits per heavy atom.